The summed E-state index contributed by atoms with van der Waals surface area (Å²) in [6.07, 6.45) is 4.03. The number of nitrogens with zero attached hydrogens (tertiary/aromatic N) is 1. The molecule has 1 aromatic heterocycles. The van der Waals surface area contributed by atoms with E-state index in [0.29, 0.717) is 18.0 Å². The number of anilines is 1. The van der Waals surface area contributed by atoms with Gasteiger partial charge in [0.05, 0.1) is 11.6 Å². The highest BCUT2D eigenvalue weighted by Gasteiger charge is 2.13. The van der Waals surface area contributed by atoms with Crippen LogP contribution < -0.4 is 10.6 Å². The van der Waals surface area contributed by atoms with Gasteiger partial charge in [-0.15, -0.1) is 0 Å². The molecule has 0 saturated heterocycles. The Morgan fingerprint density at radius 1 is 0.964 bits per heavy atom. The monoisotopic (exact) mass is 373 g/mol. The zero-order valence-corrected chi connectivity index (χ0v) is 16.4. The van der Waals surface area contributed by atoms with Gasteiger partial charge < -0.3 is 10.6 Å². The predicted octanol–water partition coefficient (Wildman–Crippen LogP) is 5.18. The number of benzene rings is 2. The number of pyridine rings is 1. The molecule has 3 rings (SSSR count). The van der Waals surface area contributed by atoms with Gasteiger partial charge in [-0.2, -0.15) is 0 Å². The van der Waals surface area contributed by atoms with Crippen molar-refractivity contribution in [3.05, 3.63) is 95.8 Å². The molecule has 3 aromatic rings. The maximum absolute atomic E-state index is 12.3. The van der Waals surface area contributed by atoms with Crippen molar-refractivity contribution in [2.45, 2.75) is 32.2 Å². The van der Waals surface area contributed by atoms with Crippen molar-refractivity contribution in [2.75, 3.05) is 11.9 Å². The zero-order valence-electron chi connectivity index (χ0n) is 16.4. The number of carbonyl (C=O) groups is 1. The first-order valence-corrected chi connectivity index (χ1v) is 9.73. The molecule has 2 N–H and O–H groups in total. The maximum atomic E-state index is 12.3. The van der Waals surface area contributed by atoms with Gasteiger partial charge in [-0.3, -0.25) is 9.78 Å². The number of hydrogen-bond acceptors (Lipinski definition) is 3. The van der Waals surface area contributed by atoms with Crippen LogP contribution in [-0.2, 0) is 0 Å². The Labute approximate surface area is 167 Å². The molecule has 4 nitrogen and oxygen atoms in total. The van der Waals surface area contributed by atoms with Gasteiger partial charge in [0.1, 0.15) is 0 Å². The van der Waals surface area contributed by atoms with Gasteiger partial charge in [0.15, 0.2) is 0 Å². The maximum Gasteiger partial charge on any atom is 0.252 e. The third-order valence-electron chi connectivity index (χ3n) is 4.74. The van der Waals surface area contributed by atoms with Crippen LogP contribution in [0.25, 0.3) is 0 Å². The van der Waals surface area contributed by atoms with Crippen molar-refractivity contribution >= 4 is 11.6 Å². The fourth-order valence-electron chi connectivity index (χ4n) is 3.13. The number of amides is 1. The molecule has 2 aromatic carbocycles. The minimum atomic E-state index is -0.0956. The zero-order chi connectivity index (χ0) is 19.8. The van der Waals surface area contributed by atoms with Crippen LogP contribution in [0.5, 0.6) is 0 Å². The molecular weight excluding hydrogens is 346 g/mol. The lowest BCUT2D eigenvalue weighted by molar-refractivity contribution is 0.0952. The Kier molecular flexibility index (Phi) is 6.79. The third kappa shape index (κ3) is 5.43. The summed E-state index contributed by atoms with van der Waals surface area (Å²) in [5.74, 6) is 0.386. The highest BCUT2D eigenvalue weighted by atomic mass is 16.1. The topological polar surface area (TPSA) is 54.0 Å². The summed E-state index contributed by atoms with van der Waals surface area (Å²) < 4.78 is 0. The Bertz CT molecular complexity index is 879. The molecule has 0 fully saturated rings. The number of carbonyl (C=O) groups excluding carboxylic acids is 1. The van der Waals surface area contributed by atoms with E-state index in [4.69, 9.17) is 0 Å². The molecule has 0 aliphatic heterocycles. The Hall–Kier alpha value is -3.14. The van der Waals surface area contributed by atoms with E-state index < -0.39 is 0 Å². The average Bonchev–Trinajstić information content (AvgIpc) is 2.74. The van der Waals surface area contributed by atoms with E-state index in [0.717, 1.165) is 12.1 Å². The molecular formula is C24H27N3O. The van der Waals surface area contributed by atoms with Gasteiger partial charge in [0, 0.05) is 24.6 Å². The van der Waals surface area contributed by atoms with E-state index in [1.165, 1.54) is 11.1 Å². The Balaban J connectivity index is 1.68. The highest BCUT2D eigenvalue weighted by molar-refractivity contribution is 5.93. The van der Waals surface area contributed by atoms with Crippen molar-refractivity contribution < 1.29 is 4.79 Å². The summed E-state index contributed by atoms with van der Waals surface area (Å²) in [5, 5.41) is 6.64. The first kappa shape index (κ1) is 19.6. The summed E-state index contributed by atoms with van der Waals surface area (Å²) in [6.45, 7) is 4.97. The standard InChI is InChI=1S/C24H27N3O/c1-18(2)20-10-6-12-22(16-20)27-23(19-8-4-3-5-9-19)13-15-26-24(28)21-11-7-14-25-17-21/h3-12,14,16-18,23,27H,13,15H2,1-2H3,(H,26,28). The molecule has 144 valence electrons. The van der Waals surface area contributed by atoms with Gasteiger partial charge in [-0.05, 0) is 47.7 Å². The van der Waals surface area contributed by atoms with E-state index in [2.05, 4.69) is 65.9 Å². The van der Waals surface area contributed by atoms with Crippen LogP contribution in [-0.4, -0.2) is 17.4 Å². The van der Waals surface area contributed by atoms with Gasteiger partial charge in [0.25, 0.3) is 5.91 Å². The van der Waals surface area contributed by atoms with E-state index in [9.17, 15) is 4.79 Å². The molecule has 0 aliphatic rings. The van der Waals surface area contributed by atoms with Crippen molar-refractivity contribution in [3.63, 3.8) is 0 Å². The third-order valence-corrected chi connectivity index (χ3v) is 4.74. The molecule has 1 amide bonds. The van der Waals surface area contributed by atoms with Gasteiger partial charge >= 0.3 is 0 Å². The quantitative estimate of drug-likeness (QED) is 0.572. The average molecular weight is 374 g/mol. The summed E-state index contributed by atoms with van der Waals surface area (Å²) in [4.78, 5) is 16.3. The van der Waals surface area contributed by atoms with Crippen molar-refractivity contribution in [1.82, 2.24) is 10.3 Å². The molecule has 0 radical (unpaired) electrons. The molecule has 0 bridgehead atoms. The fraction of sp³-hybridized carbons (Fsp3) is 0.250. The molecule has 1 heterocycles. The first-order valence-electron chi connectivity index (χ1n) is 9.73. The summed E-state index contributed by atoms with van der Waals surface area (Å²) in [7, 11) is 0. The second-order valence-electron chi connectivity index (χ2n) is 7.17. The normalized spacial score (nSPS) is 11.8. The molecule has 0 spiro atoms. The van der Waals surface area contributed by atoms with Crippen LogP contribution in [0, 0.1) is 0 Å². The predicted molar refractivity (Wildman–Crippen MR) is 115 cm³/mol. The van der Waals surface area contributed by atoms with E-state index in [1.807, 2.05) is 18.2 Å². The molecule has 1 unspecified atom stereocenters. The lowest BCUT2D eigenvalue weighted by atomic mass is 10.0. The lowest BCUT2D eigenvalue weighted by Crippen LogP contribution is -2.27. The number of rotatable bonds is 8. The van der Waals surface area contributed by atoms with Crippen LogP contribution in [0.15, 0.2) is 79.1 Å². The second kappa shape index (κ2) is 9.70. The molecule has 0 aliphatic carbocycles. The number of nitrogens with one attached hydrogen (secondary N) is 2. The van der Waals surface area contributed by atoms with Crippen molar-refractivity contribution in [2.24, 2.45) is 0 Å². The van der Waals surface area contributed by atoms with Crippen LogP contribution >= 0.6 is 0 Å². The van der Waals surface area contributed by atoms with Crippen LogP contribution in [0.3, 0.4) is 0 Å². The Morgan fingerprint density at radius 2 is 1.75 bits per heavy atom. The van der Waals surface area contributed by atoms with Crippen molar-refractivity contribution in [3.8, 4) is 0 Å². The fourth-order valence-corrected chi connectivity index (χ4v) is 3.13. The summed E-state index contributed by atoms with van der Waals surface area (Å²) in [6, 6.07) is 22.5. The number of hydrogen-bond donors (Lipinski definition) is 2. The molecule has 1 atom stereocenters. The first-order chi connectivity index (χ1) is 13.6. The van der Waals surface area contributed by atoms with Gasteiger partial charge in [0.2, 0.25) is 0 Å². The van der Waals surface area contributed by atoms with Gasteiger partial charge in [-0.25, -0.2) is 0 Å². The molecule has 0 saturated carbocycles. The minimum absolute atomic E-state index is 0.0956. The van der Waals surface area contributed by atoms with E-state index >= 15 is 0 Å². The second-order valence-corrected chi connectivity index (χ2v) is 7.17. The van der Waals surface area contributed by atoms with Gasteiger partial charge in [-0.1, -0.05) is 56.3 Å². The molecule has 28 heavy (non-hydrogen) atoms. The summed E-state index contributed by atoms with van der Waals surface area (Å²) >= 11 is 0. The molecule has 4 heteroatoms. The van der Waals surface area contributed by atoms with E-state index in [-0.39, 0.29) is 11.9 Å². The van der Waals surface area contributed by atoms with Crippen molar-refractivity contribution in [1.29, 1.82) is 0 Å². The van der Waals surface area contributed by atoms with Crippen LogP contribution in [0.2, 0.25) is 0 Å². The van der Waals surface area contributed by atoms with Crippen LogP contribution in [0.4, 0.5) is 5.69 Å². The minimum Gasteiger partial charge on any atom is -0.378 e. The van der Waals surface area contributed by atoms with E-state index in [1.54, 1.807) is 24.5 Å². The number of aromatic nitrogens is 1. The SMILES string of the molecule is CC(C)c1cccc(NC(CCNC(=O)c2cccnc2)c2ccccc2)c1. The Morgan fingerprint density at radius 3 is 2.46 bits per heavy atom. The largest absolute Gasteiger partial charge is 0.378 e. The smallest absolute Gasteiger partial charge is 0.252 e. The lowest BCUT2D eigenvalue weighted by Gasteiger charge is -2.21. The highest BCUT2D eigenvalue weighted by Crippen LogP contribution is 2.25. The summed E-state index contributed by atoms with van der Waals surface area (Å²) in [5.41, 5.74) is 4.18. The van der Waals surface area contributed by atoms with Crippen LogP contribution in [0.1, 0.15) is 53.7 Å².